The minimum atomic E-state index is -0.577. The van der Waals surface area contributed by atoms with Gasteiger partial charge in [-0.25, -0.2) is 0 Å². The Bertz CT molecular complexity index is 869. The minimum Gasteiger partial charge on any atom is -0.352 e. The summed E-state index contributed by atoms with van der Waals surface area (Å²) in [4.78, 5) is 27.5. The summed E-state index contributed by atoms with van der Waals surface area (Å²) in [6, 6.07) is 12.9. The molecule has 0 aliphatic rings. The van der Waals surface area contributed by atoms with Gasteiger partial charge in [0.2, 0.25) is 11.8 Å². The Morgan fingerprint density at radius 3 is 2.26 bits per heavy atom. The van der Waals surface area contributed by atoms with Crippen LogP contribution in [0.3, 0.4) is 0 Å². The van der Waals surface area contributed by atoms with E-state index in [2.05, 4.69) is 5.32 Å². The second kappa shape index (κ2) is 12.4. The van der Waals surface area contributed by atoms with Crippen molar-refractivity contribution < 1.29 is 9.59 Å². The highest BCUT2D eigenvalue weighted by Gasteiger charge is 2.26. The van der Waals surface area contributed by atoms with E-state index in [0.717, 1.165) is 23.1 Å². The normalized spacial score (nSPS) is 12.8. The zero-order valence-corrected chi connectivity index (χ0v) is 20.8. The van der Waals surface area contributed by atoms with Crippen LogP contribution in [-0.4, -0.2) is 34.6 Å². The fraction of sp³-hybridized carbons (Fsp3) is 0.417. The Hall–Kier alpha value is -1.69. The summed E-state index contributed by atoms with van der Waals surface area (Å²) < 4.78 is 0. The van der Waals surface area contributed by atoms with E-state index in [4.69, 9.17) is 23.2 Å². The zero-order valence-electron chi connectivity index (χ0n) is 18.5. The van der Waals surface area contributed by atoms with Gasteiger partial charge in [-0.3, -0.25) is 9.59 Å². The third-order valence-electron chi connectivity index (χ3n) is 5.18. The number of carbonyl (C=O) groups is 2. The number of nitrogens with one attached hydrogen (secondary N) is 1. The van der Waals surface area contributed by atoms with Crippen LogP contribution in [0.2, 0.25) is 10.0 Å². The van der Waals surface area contributed by atoms with E-state index in [0.29, 0.717) is 22.3 Å². The lowest BCUT2D eigenvalue weighted by Gasteiger charge is -2.29. The van der Waals surface area contributed by atoms with E-state index in [9.17, 15) is 9.59 Å². The molecule has 1 N–H and O–H groups in total. The van der Waals surface area contributed by atoms with Crippen molar-refractivity contribution in [3.8, 4) is 0 Å². The highest BCUT2D eigenvalue weighted by atomic mass is 35.5. The van der Waals surface area contributed by atoms with Crippen molar-refractivity contribution in [2.75, 3.05) is 5.75 Å². The second-order valence-corrected chi connectivity index (χ2v) is 9.49. The first-order valence-corrected chi connectivity index (χ1v) is 12.3. The van der Waals surface area contributed by atoms with Crippen molar-refractivity contribution in [3.05, 3.63) is 69.2 Å². The molecule has 0 heterocycles. The van der Waals surface area contributed by atoms with Gasteiger partial charge >= 0.3 is 0 Å². The van der Waals surface area contributed by atoms with Crippen LogP contribution in [0, 0.1) is 6.92 Å². The molecule has 0 saturated heterocycles. The highest BCUT2D eigenvalue weighted by Crippen LogP contribution is 2.28. The first-order valence-electron chi connectivity index (χ1n) is 10.4. The maximum absolute atomic E-state index is 13.1. The number of rotatable bonds is 10. The topological polar surface area (TPSA) is 49.4 Å². The number of amides is 2. The Morgan fingerprint density at radius 1 is 1.06 bits per heavy atom. The van der Waals surface area contributed by atoms with Gasteiger partial charge in [0, 0.05) is 28.4 Å². The summed E-state index contributed by atoms with van der Waals surface area (Å²) in [5.74, 6) is 0.513. The quantitative estimate of drug-likeness (QED) is 0.462. The molecule has 2 rings (SSSR count). The lowest BCUT2D eigenvalue weighted by Crippen LogP contribution is -2.50. The number of nitrogens with zero attached hydrogens (tertiary/aromatic N) is 1. The van der Waals surface area contributed by atoms with Crippen molar-refractivity contribution in [1.82, 2.24) is 10.2 Å². The third-order valence-corrected chi connectivity index (χ3v) is 6.83. The summed E-state index contributed by atoms with van der Waals surface area (Å²) in [7, 11) is 0. The maximum Gasteiger partial charge on any atom is 0.242 e. The summed E-state index contributed by atoms with van der Waals surface area (Å²) in [5.41, 5.74) is 2.95. The molecule has 2 aromatic carbocycles. The van der Waals surface area contributed by atoms with Crippen LogP contribution in [0.15, 0.2) is 42.5 Å². The van der Waals surface area contributed by atoms with Gasteiger partial charge in [-0.15, -0.1) is 11.8 Å². The Labute approximate surface area is 199 Å². The van der Waals surface area contributed by atoms with Gasteiger partial charge in [-0.2, -0.15) is 0 Å². The summed E-state index contributed by atoms with van der Waals surface area (Å²) in [5, 5.41) is 4.16. The van der Waals surface area contributed by atoms with Crippen LogP contribution in [0.1, 0.15) is 43.9 Å². The molecular weight excluding hydrogens is 451 g/mol. The van der Waals surface area contributed by atoms with Crippen molar-refractivity contribution in [2.24, 2.45) is 0 Å². The van der Waals surface area contributed by atoms with Crippen LogP contribution in [0.4, 0.5) is 0 Å². The molecule has 2 atom stereocenters. The van der Waals surface area contributed by atoms with Crippen LogP contribution in [0.5, 0.6) is 0 Å². The summed E-state index contributed by atoms with van der Waals surface area (Å²) >= 11 is 13.9. The molecule has 7 heteroatoms. The van der Waals surface area contributed by atoms with Gasteiger partial charge in [0.25, 0.3) is 0 Å². The van der Waals surface area contributed by atoms with Crippen molar-refractivity contribution in [2.45, 2.75) is 58.5 Å². The molecule has 2 aromatic rings. The Balaban J connectivity index is 2.11. The maximum atomic E-state index is 13.1. The monoisotopic (exact) mass is 480 g/mol. The summed E-state index contributed by atoms with van der Waals surface area (Å²) in [6.45, 7) is 8.15. The second-order valence-electron chi connectivity index (χ2n) is 7.69. The molecule has 0 unspecified atom stereocenters. The highest BCUT2D eigenvalue weighted by molar-refractivity contribution is 7.99. The van der Waals surface area contributed by atoms with Gasteiger partial charge in [0.1, 0.15) is 6.04 Å². The Kier molecular flexibility index (Phi) is 10.2. The average Bonchev–Trinajstić information content (AvgIpc) is 2.74. The summed E-state index contributed by atoms with van der Waals surface area (Å²) in [6.07, 6.45) is 0.832. The molecule has 0 bridgehead atoms. The number of benzene rings is 2. The van der Waals surface area contributed by atoms with E-state index in [-0.39, 0.29) is 23.6 Å². The average molecular weight is 481 g/mol. The molecule has 4 nitrogen and oxygen atoms in total. The predicted molar refractivity (Wildman–Crippen MR) is 132 cm³/mol. The van der Waals surface area contributed by atoms with Gasteiger partial charge in [0.15, 0.2) is 0 Å². The van der Waals surface area contributed by atoms with E-state index >= 15 is 0 Å². The Morgan fingerprint density at radius 2 is 1.68 bits per heavy atom. The SMILES string of the molecule is CC[C@@H](C)NC(=O)[C@H](C)N(Cc1ccc(C)cc1)C(=O)CSCc1c(Cl)cccc1Cl. The molecule has 0 radical (unpaired) electrons. The fourth-order valence-corrected chi connectivity index (χ4v) is 4.58. The number of thioether (sulfide) groups is 1. The van der Waals surface area contributed by atoms with Gasteiger partial charge in [-0.05, 0) is 50.5 Å². The van der Waals surface area contributed by atoms with Crippen LogP contribution < -0.4 is 5.32 Å². The minimum absolute atomic E-state index is 0.0583. The number of hydrogen-bond donors (Lipinski definition) is 1. The van der Waals surface area contributed by atoms with Gasteiger partial charge in [0.05, 0.1) is 5.75 Å². The van der Waals surface area contributed by atoms with Crippen LogP contribution >= 0.6 is 35.0 Å². The molecule has 0 saturated carbocycles. The molecule has 0 aliphatic heterocycles. The third kappa shape index (κ3) is 7.74. The molecule has 168 valence electrons. The van der Waals surface area contributed by atoms with E-state index in [1.807, 2.05) is 45.0 Å². The zero-order chi connectivity index (χ0) is 23.0. The van der Waals surface area contributed by atoms with Crippen LogP contribution in [-0.2, 0) is 21.9 Å². The number of aryl methyl sites for hydroxylation is 1. The first-order chi connectivity index (χ1) is 14.7. The molecule has 31 heavy (non-hydrogen) atoms. The molecular formula is C24H30Cl2N2O2S. The number of hydrogen-bond acceptors (Lipinski definition) is 3. The van der Waals surface area contributed by atoms with Crippen LogP contribution in [0.25, 0.3) is 0 Å². The predicted octanol–water partition coefficient (Wildman–Crippen LogP) is 5.87. The number of halogens is 2. The molecule has 0 aromatic heterocycles. The van der Waals surface area contributed by atoms with E-state index < -0.39 is 6.04 Å². The molecule has 0 fully saturated rings. The first kappa shape index (κ1) is 25.6. The van der Waals surface area contributed by atoms with Crippen molar-refractivity contribution in [3.63, 3.8) is 0 Å². The molecule has 0 spiro atoms. The van der Waals surface area contributed by atoms with Crippen molar-refractivity contribution >= 4 is 46.8 Å². The van der Waals surface area contributed by atoms with Crippen molar-refractivity contribution in [1.29, 1.82) is 0 Å². The van der Waals surface area contributed by atoms with Gasteiger partial charge < -0.3 is 10.2 Å². The molecule has 2 amide bonds. The smallest absolute Gasteiger partial charge is 0.242 e. The van der Waals surface area contributed by atoms with E-state index in [1.54, 1.807) is 30.0 Å². The van der Waals surface area contributed by atoms with E-state index in [1.165, 1.54) is 11.8 Å². The molecule has 0 aliphatic carbocycles. The number of carbonyl (C=O) groups excluding carboxylic acids is 2. The lowest BCUT2D eigenvalue weighted by atomic mass is 10.1. The lowest BCUT2D eigenvalue weighted by molar-refractivity contribution is -0.138. The standard InChI is InChI=1S/C24H30Cl2N2O2S/c1-5-17(3)27-24(30)18(4)28(13-19-11-9-16(2)10-12-19)23(29)15-31-14-20-21(25)7-6-8-22(20)26/h6-12,17-18H,5,13-15H2,1-4H3,(H,27,30)/t17-,18+/m1/s1. The largest absolute Gasteiger partial charge is 0.352 e. The fourth-order valence-electron chi connectivity index (χ4n) is 2.93. The van der Waals surface area contributed by atoms with Gasteiger partial charge in [-0.1, -0.05) is 66.0 Å².